The average Bonchev–Trinajstić information content (AvgIpc) is 2.48. The minimum Gasteiger partial charge on any atom is -0.497 e. The molecule has 21 heavy (non-hydrogen) atoms. The van der Waals surface area contributed by atoms with E-state index in [2.05, 4.69) is 5.32 Å². The van der Waals surface area contributed by atoms with Crippen LogP contribution in [0.3, 0.4) is 0 Å². The number of nitrogens with zero attached hydrogens (tertiary/aromatic N) is 1. The highest BCUT2D eigenvalue weighted by molar-refractivity contribution is 5.75. The first-order valence-corrected chi connectivity index (χ1v) is 6.82. The van der Waals surface area contributed by atoms with Crippen molar-refractivity contribution in [3.63, 3.8) is 0 Å². The minimum absolute atomic E-state index is 0.137. The molecule has 1 unspecified atom stereocenters. The molecule has 2 amide bonds. The van der Waals surface area contributed by atoms with Gasteiger partial charge in [-0.2, -0.15) is 0 Å². The van der Waals surface area contributed by atoms with Crippen LogP contribution in [0.5, 0.6) is 5.75 Å². The van der Waals surface area contributed by atoms with E-state index in [0.717, 1.165) is 11.3 Å². The van der Waals surface area contributed by atoms with Crippen molar-refractivity contribution in [1.29, 1.82) is 0 Å². The SMILES string of the molecule is CCC(CNC(=O)N(C)Cc1ccc(OC)cc1)C(=O)O. The van der Waals surface area contributed by atoms with Gasteiger partial charge in [0, 0.05) is 20.1 Å². The van der Waals surface area contributed by atoms with E-state index in [-0.39, 0.29) is 12.6 Å². The Balaban J connectivity index is 2.48. The van der Waals surface area contributed by atoms with Gasteiger partial charge in [-0.05, 0) is 24.1 Å². The predicted octanol–water partition coefficient (Wildman–Crippen LogP) is 1.95. The molecule has 0 aromatic heterocycles. The molecule has 6 nitrogen and oxygen atoms in total. The monoisotopic (exact) mass is 294 g/mol. The van der Waals surface area contributed by atoms with Gasteiger partial charge in [-0.3, -0.25) is 4.79 Å². The number of benzene rings is 1. The molecule has 0 saturated heterocycles. The number of amides is 2. The van der Waals surface area contributed by atoms with E-state index in [9.17, 15) is 9.59 Å². The maximum Gasteiger partial charge on any atom is 0.317 e. The molecule has 1 aromatic rings. The maximum absolute atomic E-state index is 11.9. The van der Waals surface area contributed by atoms with Gasteiger partial charge in [-0.15, -0.1) is 0 Å². The summed E-state index contributed by atoms with van der Waals surface area (Å²) in [5.41, 5.74) is 0.971. The van der Waals surface area contributed by atoms with Crippen LogP contribution in [0.15, 0.2) is 24.3 Å². The third-order valence-electron chi connectivity index (χ3n) is 3.27. The van der Waals surface area contributed by atoms with E-state index in [1.54, 1.807) is 21.1 Å². The molecule has 0 bridgehead atoms. The molecule has 0 spiro atoms. The Kier molecular flexibility index (Phi) is 6.52. The number of carbonyl (C=O) groups excluding carboxylic acids is 1. The third-order valence-corrected chi connectivity index (χ3v) is 3.27. The molecule has 6 heteroatoms. The van der Waals surface area contributed by atoms with Crippen molar-refractivity contribution in [2.75, 3.05) is 20.7 Å². The van der Waals surface area contributed by atoms with Crippen LogP contribution in [0.1, 0.15) is 18.9 Å². The van der Waals surface area contributed by atoms with Gasteiger partial charge in [0.2, 0.25) is 0 Å². The highest BCUT2D eigenvalue weighted by atomic mass is 16.5. The summed E-state index contributed by atoms with van der Waals surface area (Å²) in [6.45, 7) is 2.36. The van der Waals surface area contributed by atoms with Crippen LogP contribution >= 0.6 is 0 Å². The molecule has 0 aliphatic heterocycles. The van der Waals surface area contributed by atoms with Crippen LogP contribution in [0.2, 0.25) is 0 Å². The number of aliphatic carboxylic acids is 1. The predicted molar refractivity (Wildman–Crippen MR) is 79.3 cm³/mol. The lowest BCUT2D eigenvalue weighted by Crippen LogP contribution is -2.40. The zero-order valence-corrected chi connectivity index (χ0v) is 12.6. The van der Waals surface area contributed by atoms with Crippen LogP contribution in [-0.2, 0) is 11.3 Å². The van der Waals surface area contributed by atoms with Crippen molar-refractivity contribution in [3.8, 4) is 5.75 Å². The first-order chi connectivity index (χ1) is 9.97. The summed E-state index contributed by atoms with van der Waals surface area (Å²) in [4.78, 5) is 24.3. The molecule has 0 aliphatic carbocycles. The number of ether oxygens (including phenoxy) is 1. The number of hydrogen-bond acceptors (Lipinski definition) is 3. The first-order valence-electron chi connectivity index (χ1n) is 6.82. The van der Waals surface area contributed by atoms with Crippen LogP contribution in [0.25, 0.3) is 0 Å². The highest BCUT2D eigenvalue weighted by Gasteiger charge is 2.17. The van der Waals surface area contributed by atoms with Crippen molar-refractivity contribution in [2.24, 2.45) is 5.92 Å². The smallest absolute Gasteiger partial charge is 0.317 e. The van der Waals surface area contributed by atoms with Crippen LogP contribution in [0.4, 0.5) is 4.79 Å². The second-order valence-electron chi connectivity index (χ2n) is 4.83. The van der Waals surface area contributed by atoms with E-state index in [0.29, 0.717) is 13.0 Å². The van der Waals surface area contributed by atoms with Gasteiger partial charge in [0.05, 0.1) is 13.0 Å². The van der Waals surface area contributed by atoms with Crippen LogP contribution in [0, 0.1) is 5.92 Å². The van der Waals surface area contributed by atoms with Gasteiger partial charge in [0.15, 0.2) is 0 Å². The zero-order valence-electron chi connectivity index (χ0n) is 12.6. The van der Waals surface area contributed by atoms with Crippen LogP contribution in [-0.4, -0.2) is 42.7 Å². The number of hydrogen-bond donors (Lipinski definition) is 2. The summed E-state index contributed by atoms with van der Waals surface area (Å²) in [5.74, 6) is -0.683. The maximum atomic E-state index is 11.9. The number of urea groups is 1. The number of carboxylic acid groups (broad SMARTS) is 1. The summed E-state index contributed by atoms with van der Waals surface area (Å²) >= 11 is 0. The molecule has 0 fully saturated rings. The van der Waals surface area contributed by atoms with E-state index >= 15 is 0 Å². The van der Waals surface area contributed by atoms with Crippen molar-refractivity contribution in [3.05, 3.63) is 29.8 Å². The molecule has 2 N–H and O–H groups in total. The molecular formula is C15H22N2O4. The Morgan fingerprint density at radius 2 is 1.95 bits per heavy atom. The molecular weight excluding hydrogens is 272 g/mol. The fraction of sp³-hybridized carbons (Fsp3) is 0.467. The quantitative estimate of drug-likeness (QED) is 0.805. The second kappa shape index (κ2) is 8.14. The van der Waals surface area contributed by atoms with Crippen molar-refractivity contribution in [1.82, 2.24) is 10.2 Å². The van der Waals surface area contributed by atoms with Gasteiger partial charge < -0.3 is 20.1 Å². The molecule has 0 saturated carbocycles. The molecule has 0 heterocycles. The zero-order chi connectivity index (χ0) is 15.8. The van der Waals surface area contributed by atoms with Gasteiger partial charge in [-0.25, -0.2) is 4.79 Å². The lowest BCUT2D eigenvalue weighted by molar-refractivity contribution is -0.141. The summed E-state index contributed by atoms with van der Waals surface area (Å²) in [7, 11) is 3.27. The Hall–Kier alpha value is -2.24. The first kappa shape index (κ1) is 16.8. The summed E-state index contributed by atoms with van der Waals surface area (Å²) in [5, 5.41) is 11.6. The Morgan fingerprint density at radius 1 is 1.33 bits per heavy atom. The fourth-order valence-electron chi connectivity index (χ4n) is 1.83. The molecule has 1 atom stereocenters. The molecule has 1 aromatic carbocycles. The average molecular weight is 294 g/mol. The van der Waals surface area contributed by atoms with E-state index < -0.39 is 11.9 Å². The Bertz CT molecular complexity index is 473. The number of rotatable bonds is 7. The van der Waals surface area contributed by atoms with Gasteiger partial charge in [0.1, 0.15) is 5.75 Å². The minimum atomic E-state index is -0.893. The van der Waals surface area contributed by atoms with Crippen molar-refractivity contribution < 1.29 is 19.4 Å². The fourth-order valence-corrected chi connectivity index (χ4v) is 1.83. The lowest BCUT2D eigenvalue weighted by atomic mass is 10.1. The van der Waals surface area contributed by atoms with E-state index in [1.165, 1.54) is 4.90 Å². The summed E-state index contributed by atoms with van der Waals surface area (Å²) in [6, 6.07) is 7.14. The molecule has 0 aliphatic rings. The van der Waals surface area contributed by atoms with Gasteiger partial charge >= 0.3 is 12.0 Å². The van der Waals surface area contributed by atoms with Gasteiger partial charge in [0.25, 0.3) is 0 Å². The standard InChI is InChI=1S/C15H22N2O4/c1-4-12(14(18)19)9-16-15(20)17(2)10-11-5-7-13(21-3)8-6-11/h5-8,12H,4,9-10H2,1-3H3,(H,16,20)(H,18,19). The Labute approximate surface area is 124 Å². The van der Waals surface area contributed by atoms with E-state index in [1.807, 2.05) is 24.3 Å². The normalized spacial score (nSPS) is 11.6. The van der Waals surface area contributed by atoms with E-state index in [4.69, 9.17) is 9.84 Å². The third kappa shape index (κ3) is 5.33. The summed E-state index contributed by atoms with van der Waals surface area (Å²) < 4.78 is 5.07. The Morgan fingerprint density at radius 3 is 2.43 bits per heavy atom. The number of carboxylic acids is 1. The lowest BCUT2D eigenvalue weighted by Gasteiger charge is -2.19. The summed E-state index contributed by atoms with van der Waals surface area (Å²) in [6.07, 6.45) is 0.484. The van der Waals surface area contributed by atoms with Crippen molar-refractivity contribution >= 4 is 12.0 Å². The van der Waals surface area contributed by atoms with Gasteiger partial charge in [-0.1, -0.05) is 19.1 Å². The largest absolute Gasteiger partial charge is 0.497 e. The number of methoxy groups -OCH3 is 1. The topological polar surface area (TPSA) is 78.9 Å². The highest BCUT2D eigenvalue weighted by Crippen LogP contribution is 2.12. The second-order valence-corrected chi connectivity index (χ2v) is 4.83. The van der Waals surface area contributed by atoms with Crippen LogP contribution < -0.4 is 10.1 Å². The van der Waals surface area contributed by atoms with Crippen molar-refractivity contribution in [2.45, 2.75) is 19.9 Å². The number of nitrogens with one attached hydrogen (secondary N) is 1. The molecule has 116 valence electrons. The molecule has 0 radical (unpaired) electrons. The number of carbonyl (C=O) groups is 2. The molecule has 1 rings (SSSR count).